The number of carbonyl (C=O) groups excluding carboxylic acids is 1. The maximum Gasteiger partial charge on any atom is 0.306 e. The van der Waals surface area contributed by atoms with Crippen LogP contribution in [0.2, 0.25) is 0 Å². The van der Waals surface area contributed by atoms with Gasteiger partial charge in [-0.25, -0.2) is 0 Å². The zero-order valence-electron chi connectivity index (χ0n) is 11.2. The number of carbonyl (C=O) groups is 1. The molecule has 0 saturated heterocycles. The van der Waals surface area contributed by atoms with Crippen LogP contribution in [0.5, 0.6) is 0 Å². The van der Waals surface area contributed by atoms with Crippen molar-refractivity contribution in [1.29, 1.82) is 0 Å². The number of esters is 1. The van der Waals surface area contributed by atoms with Crippen LogP contribution in [-0.2, 0) is 9.53 Å². The fraction of sp³-hybridized carbons (Fsp3) is 0.533. The standard InChI is InChI=1S/C15H22O2/c1-12(13-8-6-5-7-9-13)10-11-14(16)17-15(2,3)4/h5-9,12H,10-11H2,1-4H3. The minimum atomic E-state index is -0.382. The largest absolute Gasteiger partial charge is 0.460 e. The molecule has 0 aliphatic carbocycles. The molecule has 1 aromatic carbocycles. The fourth-order valence-electron chi connectivity index (χ4n) is 1.68. The van der Waals surface area contributed by atoms with Crippen LogP contribution in [0.25, 0.3) is 0 Å². The van der Waals surface area contributed by atoms with E-state index in [9.17, 15) is 4.79 Å². The van der Waals surface area contributed by atoms with Gasteiger partial charge < -0.3 is 4.74 Å². The molecule has 0 aliphatic rings. The molecule has 0 bridgehead atoms. The molecule has 1 atom stereocenters. The van der Waals surface area contributed by atoms with Crippen molar-refractivity contribution in [2.75, 3.05) is 0 Å². The van der Waals surface area contributed by atoms with E-state index in [0.29, 0.717) is 12.3 Å². The van der Waals surface area contributed by atoms with Crippen LogP contribution in [0.4, 0.5) is 0 Å². The summed E-state index contributed by atoms with van der Waals surface area (Å²) >= 11 is 0. The van der Waals surface area contributed by atoms with Crippen LogP contribution in [0.15, 0.2) is 30.3 Å². The Labute approximate surface area is 104 Å². The highest BCUT2D eigenvalue weighted by atomic mass is 16.6. The molecule has 1 rings (SSSR count). The molecule has 17 heavy (non-hydrogen) atoms. The van der Waals surface area contributed by atoms with Gasteiger partial charge in [0.05, 0.1) is 0 Å². The van der Waals surface area contributed by atoms with E-state index in [1.807, 2.05) is 39.0 Å². The Hall–Kier alpha value is -1.31. The third-order valence-corrected chi connectivity index (χ3v) is 2.57. The van der Waals surface area contributed by atoms with Gasteiger partial charge in [0.1, 0.15) is 5.60 Å². The van der Waals surface area contributed by atoms with Gasteiger partial charge in [-0.05, 0) is 38.7 Å². The van der Waals surface area contributed by atoms with Gasteiger partial charge in [0.25, 0.3) is 0 Å². The Morgan fingerprint density at radius 1 is 1.24 bits per heavy atom. The summed E-state index contributed by atoms with van der Waals surface area (Å²) in [5.41, 5.74) is 0.892. The molecule has 0 amide bonds. The van der Waals surface area contributed by atoms with E-state index < -0.39 is 0 Å². The number of rotatable bonds is 4. The summed E-state index contributed by atoms with van der Waals surface area (Å²) < 4.78 is 5.29. The van der Waals surface area contributed by atoms with Crippen molar-refractivity contribution in [3.63, 3.8) is 0 Å². The van der Waals surface area contributed by atoms with E-state index in [-0.39, 0.29) is 11.6 Å². The maximum absolute atomic E-state index is 11.6. The van der Waals surface area contributed by atoms with Gasteiger partial charge in [-0.15, -0.1) is 0 Å². The second-order valence-electron chi connectivity index (χ2n) is 5.44. The summed E-state index contributed by atoms with van der Waals surface area (Å²) in [4.78, 5) is 11.6. The van der Waals surface area contributed by atoms with Gasteiger partial charge >= 0.3 is 5.97 Å². The van der Waals surface area contributed by atoms with Gasteiger partial charge in [-0.2, -0.15) is 0 Å². The lowest BCUT2D eigenvalue weighted by atomic mass is 9.96. The van der Waals surface area contributed by atoms with E-state index in [1.54, 1.807) is 0 Å². The number of hydrogen-bond donors (Lipinski definition) is 0. The topological polar surface area (TPSA) is 26.3 Å². The van der Waals surface area contributed by atoms with Crippen molar-refractivity contribution in [1.82, 2.24) is 0 Å². The van der Waals surface area contributed by atoms with Gasteiger partial charge in [0, 0.05) is 6.42 Å². The Morgan fingerprint density at radius 2 is 1.82 bits per heavy atom. The number of benzene rings is 1. The molecule has 1 unspecified atom stereocenters. The molecule has 0 aliphatic heterocycles. The van der Waals surface area contributed by atoms with Crippen LogP contribution in [0.3, 0.4) is 0 Å². The molecule has 0 saturated carbocycles. The van der Waals surface area contributed by atoms with Crippen LogP contribution in [-0.4, -0.2) is 11.6 Å². The summed E-state index contributed by atoms with van der Waals surface area (Å²) in [5.74, 6) is 0.281. The summed E-state index contributed by atoms with van der Waals surface area (Å²) in [7, 11) is 0. The van der Waals surface area contributed by atoms with Crippen molar-refractivity contribution >= 4 is 5.97 Å². The second-order valence-corrected chi connectivity index (χ2v) is 5.44. The third kappa shape index (κ3) is 5.53. The van der Waals surface area contributed by atoms with Crippen molar-refractivity contribution in [3.05, 3.63) is 35.9 Å². The highest BCUT2D eigenvalue weighted by Crippen LogP contribution is 2.21. The molecule has 0 heterocycles. The Kier molecular flexibility index (Phi) is 4.73. The highest BCUT2D eigenvalue weighted by Gasteiger charge is 2.17. The Morgan fingerprint density at radius 3 is 2.35 bits per heavy atom. The zero-order valence-corrected chi connectivity index (χ0v) is 11.2. The van der Waals surface area contributed by atoms with Crippen molar-refractivity contribution in [2.24, 2.45) is 0 Å². The molecule has 2 nitrogen and oxygen atoms in total. The van der Waals surface area contributed by atoms with E-state index in [4.69, 9.17) is 4.74 Å². The van der Waals surface area contributed by atoms with E-state index in [0.717, 1.165) is 6.42 Å². The minimum absolute atomic E-state index is 0.111. The summed E-state index contributed by atoms with van der Waals surface area (Å²) in [5, 5.41) is 0. The van der Waals surface area contributed by atoms with Crippen molar-refractivity contribution in [3.8, 4) is 0 Å². The first kappa shape index (κ1) is 13.8. The predicted octanol–water partition coefficient (Wildman–Crippen LogP) is 3.91. The predicted molar refractivity (Wildman–Crippen MR) is 69.9 cm³/mol. The fourth-order valence-corrected chi connectivity index (χ4v) is 1.68. The molecule has 0 N–H and O–H groups in total. The number of ether oxygens (including phenoxy) is 1. The molecule has 94 valence electrons. The average molecular weight is 234 g/mol. The summed E-state index contributed by atoms with van der Waals surface area (Å²) in [6.45, 7) is 7.82. The smallest absolute Gasteiger partial charge is 0.306 e. The summed E-state index contributed by atoms with van der Waals surface area (Å²) in [6, 6.07) is 10.3. The molecule has 2 heteroatoms. The maximum atomic E-state index is 11.6. The van der Waals surface area contributed by atoms with E-state index in [1.165, 1.54) is 5.56 Å². The van der Waals surface area contributed by atoms with Gasteiger partial charge in [0.15, 0.2) is 0 Å². The van der Waals surface area contributed by atoms with Crippen LogP contribution in [0, 0.1) is 0 Å². The first-order valence-electron chi connectivity index (χ1n) is 6.15. The van der Waals surface area contributed by atoms with Crippen LogP contribution < -0.4 is 0 Å². The molecule has 1 aromatic rings. The molecule has 0 spiro atoms. The first-order valence-corrected chi connectivity index (χ1v) is 6.15. The molecular weight excluding hydrogens is 212 g/mol. The Balaban J connectivity index is 2.39. The first-order chi connectivity index (χ1) is 7.88. The van der Waals surface area contributed by atoms with Gasteiger partial charge in [-0.1, -0.05) is 37.3 Å². The van der Waals surface area contributed by atoms with Crippen molar-refractivity contribution < 1.29 is 9.53 Å². The zero-order chi connectivity index (χ0) is 12.9. The molecule has 0 radical (unpaired) electrons. The van der Waals surface area contributed by atoms with E-state index in [2.05, 4.69) is 19.1 Å². The quantitative estimate of drug-likeness (QED) is 0.738. The lowest BCUT2D eigenvalue weighted by molar-refractivity contribution is -0.155. The average Bonchev–Trinajstić information content (AvgIpc) is 2.25. The summed E-state index contributed by atoms with van der Waals surface area (Å²) in [6.07, 6.45) is 1.31. The molecule has 0 fully saturated rings. The normalized spacial score (nSPS) is 13.2. The lowest BCUT2D eigenvalue weighted by Gasteiger charge is -2.20. The van der Waals surface area contributed by atoms with Crippen LogP contribution in [0.1, 0.15) is 52.0 Å². The van der Waals surface area contributed by atoms with Crippen LogP contribution >= 0.6 is 0 Å². The minimum Gasteiger partial charge on any atom is -0.460 e. The van der Waals surface area contributed by atoms with Gasteiger partial charge in [0.2, 0.25) is 0 Å². The van der Waals surface area contributed by atoms with Gasteiger partial charge in [-0.3, -0.25) is 4.79 Å². The molecular formula is C15H22O2. The highest BCUT2D eigenvalue weighted by molar-refractivity contribution is 5.69. The third-order valence-electron chi connectivity index (χ3n) is 2.57. The SMILES string of the molecule is CC(CCC(=O)OC(C)(C)C)c1ccccc1. The monoisotopic (exact) mass is 234 g/mol. The van der Waals surface area contributed by atoms with E-state index >= 15 is 0 Å². The Bertz CT molecular complexity index is 349. The van der Waals surface area contributed by atoms with Crippen molar-refractivity contribution in [2.45, 2.75) is 52.1 Å². The number of hydrogen-bond acceptors (Lipinski definition) is 2. The molecule has 0 aromatic heterocycles. The lowest BCUT2D eigenvalue weighted by Crippen LogP contribution is -2.23. The second kappa shape index (κ2) is 5.85.